The molecule has 0 aromatic rings. The lowest BCUT2D eigenvalue weighted by Crippen LogP contribution is -2.59. The maximum Gasteiger partial charge on any atom is 0.239 e. The molecule has 3 atom stereocenters. The first-order chi connectivity index (χ1) is 10.3. The van der Waals surface area contributed by atoms with Gasteiger partial charge >= 0.3 is 0 Å². The Kier molecular flexibility index (Phi) is 6.93. The number of hydrogen-bond acceptors (Lipinski definition) is 4. The van der Waals surface area contributed by atoms with E-state index in [-0.39, 0.29) is 11.9 Å². The van der Waals surface area contributed by atoms with Crippen molar-refractivity contribution in [3.63, 3.8) is 0 Å². The van der Waals surface area contributed by atoms with Crippen molar-refractivity contribution in [2.45, 2.75) is 57.5 Å². The summed E-state index contributed by atoms with van der Waals surface area (Å²) in [6.45, 7) is 5.64. The van der Waals surface area contributed by atoms with Gasteiger partial charge < -0.3 is 15.8 Å². The van der Waals surface area contributed by atoms with Crippen LogP contribution in [-0.4, -0.2) is 55.7 Å². The van der Waals surface area contributed by atoms with Gasteiger partial charge in [-0.3, -0.25) is 9.69 Å². The average Bonchev–Trinajstić information content (AvgIpc) is 2.77. The van der Waals surface area contributed by atoms with Crippen LogP contribution < -0.4 is 11.1 Å². The van der Waals surface area contributed by atoms with E-state index in [0.29, 0.717) is 18.6 Å². The van der Waals surface area contributed by atoms with E-state index in [2.05, 4.69) is 17.1 Å². The number of morpholine rings is 1. The number of nitrogens with two attached hydrogens (primary N) is 1. The molecule has 1 saturated heterocycles. The van der Waals surface area contributed by atoms with E-state index in [9.17, 15) is 4.79 Å². The molecule has 0 radical (unpaired) electrons. The number of carbonyl (C=O) groups excluding carboxylic acids is 1. The lowest BCUT2D eigenvalue weighted by molar-refractivity contribution is -0.135. The molecule has 122 valence electrons. The van der Waals surface area contributed by atoms with Crippen molar-refractivity contribution in [2.24, 2.45) is 11.7 Å². The molecule has 2 rings (SSSR count). The summed E-state index contributed by atoms with van der Waals surface area (Å²) in [5.41, 5.74) is 6.01. The molecule has 1 aliphatic carbocycles. The number of amides is 1. The Hall–Kier alpha value is -0.650. The predicted molar refractivity (Wildman–Crippen MR) is 84.0 cm³/mol. The minimum Gasteiger partial charge on any atom is -0.378 e. The van der Waals surface area contributed by atoms with E-state index in [0.717, 1.165) is 32.7 Å². The van der Waals surface area contributed by atoms with Crippen LogP contribution in [0.15, 0.2) is 0 Å². The summed E-state index contributed by atoms with van der Waals surface area (Å²) in [7, 11) is 0. The van der Waals surface area contributed by atoms with Crippen molar-refractivity contribution < 1.29 is 9.53 Å². The Morgan fingerprint density at radius 2 is 2.14 bits per heavy atom. The molecule has 2 fully saturated rings. The standard InChI is InChI=1S/C16H31N3O2/c1-2-8-18-16(20)15-12-21-10-9-19(15)14-7-5-3-4-6-13(14)11-17/h13-15H,2-12,17H2,1H3,(H,18,20). The maximum absolute atomic E-state index is 12.4. The Labute approximate surface area is 128 Å². The molecular formula is C16H31N3O2. The van der Waals surface area contributed by atoms with E-state index in [1.165, 1.54) is 32.1 Å². The minimum atomic E-state index is -0.137. The van der Waals surface area contributed by atoms with Crippen molar-refractivity contribution in [3.8, 4) is 0 Å². The van der Waals surface area contributed by atoms with Crippen LogP contribution in [0.25, 0.3) is 0 Å². The third-order valence-corrected chi connectivity index (χ3v) is 4.87. The molecule has 1 heterocycles. The lowest BCUT2D eigenvalue weighted by Gasteiger charge is -2.42. The Morgan fingerprint density at radius 3 is 2.90 bits per heavy atom. The molecule has 3 N–H and O–H groups in total. The Balaban J connectivity index is 2.06. The van der Waals surface area contributed by atoms with Gasteiger partial charge in [-0.15, -0.1) is 0 Å². The maximum atomic E-state index is 12.4. The van der Waals surface area contributed by atoms with E-state index in [1.807, 2.05) is 0 Å². The topological polar surface area (TPSA) is 67.6 Å². The molecule has 21 heavy (non-hydrogen) atoms. The van der Waals surface area contributed by atoms with E-state index in [1.54, 1.807) is 0 Å². The smallest absolute Gasteiger partial charge is 0.239 e. The van der Waals surface area contributed by atoms with E-state index in [4.69, 9.17) is 10.5 Å². The number of rotatable bonds is 5. The fourth-order valence-electron chi connectivity index (χ4n) is 3.68. The predicted octanol–water partition coefficient (Wildman–Crippen LogP) is 1.12. The van der Waals surface area contributed by atoms with Gasteiger partial charge in [0.05, 0.1) is 13.2 Å². The first kappa shape index (κ1) is 16.7. The summed E-state index contributed by atoms with van der Waals surface area (Å²) in [5.74, 6) is 0.642. The van der Waals surface area contributed by atoms with Gasteiger partial charge in [0.1, 0.15) is 6.04 Å². The molecule has 1 aliphatic heterocycles. The Bertz CT molecular complexity index is 325. The van der Waals surface area contributed by atoms with Gasteiger partial charge in [0.2, 0.25) is 5.91 Å². The van der Waals surface area contributed by atoms with Crippen LogP contribution in [0.4, 0.5) is 0 Å². The van der Waals surface area contributed by atoms with Crippen molar-refractivity contribution in [3.05, 3.63) is 0 Å². The molecular weight excluding hydrogens is 266 g/mol. The monoisotopic (exact) mass is 297 g/mol. The number of hydrogen-bond donors (Lipinski definition) is 2. The number of nitrogens with zero attached hydrogens (tertiary/aromatic N) is 1. The highest BCUT2D eigenvalue weighted by Crippen LogP contribution is 2.29. The van der Waals surface area contributed by atoms with Gasteiger partial charge in [0, 0.05) is 19.1 Å². The zero-order valence-corrected chi connectivity index (χ0v) is 13.4. The number of ether oxygens (including phenoxy) is 1. The largest absolute Gasteiger partial charge is 0.378 e. The van der Waals surface area contributed by atoms with Crippen LogP contribution >= 0.6 is 0 Å². The second-order valence-corrected chi connectivity index (χ2v) is 6.32. The molecule has 2 aliphatic rings. The fourth-order valence-corrected chi connectivity index (χ4v) is 3.68. The normalized spacial score (nSPS) is 31.6. The third kappa shape index (κ3) is 4.41. The second-order valence-electron chi connectivity index (χ2n) is 6.32. The highest BCUT2D eigenvalue weighted by molar-refractivity contribution is 5.82. The van der Waals surface area contributed by atoms with Crippen LogP contribution in [0.3, 0.4) is 0 Å². The molecule has 3 unspecified atom stereocenters. The van der Waals surface area contributed by atoms with Gasteiger partial charge in [-0.2, -0.15) is 0 Å². The average molecular weight is 297 g/mol. The van der Waals surface area contributed by atoms with Gasteiger partial charge in [-0.25, -0.2) is 0 Å². The highest BCUT2D eigenvalue weighted by atomic mass is 16.5. The molecule has 1 amide bonds. The quantitative estimate of drug-likeness (QED) is 0.746. The molecule has 0 spiro atoms. The first-order valence-corrected chi connectivity index (χ1v) is 8.59. The summed E-state index contributed by atoms with van der Waals surface area (Å²) in [6, 6.07) is 0.307. The molecule has 0 aromatic heterocycles. The van der Waals surface area contributed by atoms with Crippen LogP contribution in [0.1, 0.15) is 45.4 Å². The Morgan fingerprint density at radius 1 is 1.33 bits per heavy atom. The lowest BCUT2D eigenvalue weighted by atomic mass is 9.91. The van der Waals surface area contributed by atoms with Gasteiger partial charge in [0.15, 0.2) is 0 Å². The summed E-state index contributed by atoms with van der Waals surface area (Å²) in [5, 5.41) is 3.03. The summed E-state index contributed by atoms with van der Waals surface area (Å²) in [4.78, 5) is 14.8. The first-order valence-electron chi connectivity index (χ1n) is 8.59. The van der Waals surface area contributed by atoms with Gasteiger partial charge in [-0.1, -0.05) is 26.2 Å². The zero-order chi connectivity index (χ0) is 15.1. The SMILES string of the molecule is CCCNC(=O)C1COCCN1C1CCCCCC1CN. The van der Waals surface area contributed by atoms with Crippen LogP contribution in [0, 0.1) is 5.92 Å². The van der Waals surface area contributed by atoms with Gasteiger partial charge in [0.25, 0.3) is 0 Å². The molecule has 5 heteroatoms. The third-order valence-electron chi connectivity index (χ3n) is 4.87. The number of carbonyl (C=O) groups is 1. The van der Waals surface area contributed by atoms with Crippen molar-refractivity contribution in [1.82, 2.24) is 10.2 Å². The van der Waals surface area contributed by atoms with Crippen LogP contribution in [-0.2, 0) is 9.53 Å². The molecule has 1 saturated carbocycles. The van der Waals surface area contributed by atoms with E-state index >= 15 is 0 Å². The van der Waals surface area contributed by atoms with Crippen molar-refractivity contribution in [2.75, 3.05) is 32.8 Å². The molecule has 0 bridgehead atoms. The molecule has 5 nitrogen and oxygen atoms in total. The van der Waals surface area contributed by atoms with Crippen molar-refractivity contribution >= 4 is 5.91 Å². The van der Waals surface area contributed by atoms with Crippen LogP contribution in [0.5, 0.6) is 0 Å². The zero-order valence-electron chi connectivity index (χ0n) is 13.4. The second kappa shape index (κ2) is 8.71. The van der Waals surface area contributed by atoms with E-state index < -0.39 is 0 Å². The van der Waals surface area contributed by atoms with Gasteiger partial charge in [-0.05, 0) is 31.7 Å². The minimum absolute atomic E-state index is 0.122. The highest BCUT2D eigenvalue weighted by Gasteiger charge is 2.37. The van der Waals surface area contributed by atoms with Crippen molar-refractivity contribution in [1.29, 1.82) is 0 Å². The molecule has 0 aromatic carbocycles. The summed E-state index contributed by atoms with van der Waals surface area (Å²) >= 11 is 0. The van der Waals surface area contributed by atoms with Crippen LogP contribution in [0.2, 0.25) is 0 Å². The number of nitrogens with one attached hydrogen (secondary N) is 1. The fraction of sp³-hybridized carbons (Fsp3) is 0.938. The summed E-state index contributed by atoms with van der Waals surface area (Å²) < 4.78 is 5.57. The summed E-state index contributed by atoms with van der Waals surface area (Å²) in [6.07, 6.45) is 7.15.